The molecule has 0 bridgehead atoms. The molecular formula is C16H9S. The van der Waals surface area contributed by atoms with Gasteiger partial charge in [0.25, 0.3) is 0 Å². The predicted octanol–water partition coefficient (Wildman–Crippen LogP) is 5.01. The van der Waals surface area contributed by atoms with Crippen LogP contribution in [0, 0.1) is 6.07 Å². The maximum Gasteiger partial charge on any atom is 0.0361 e. The zero-order valence-corrected chi connectivity index (χ0v) is 9.92. The Hall–Kier alpha value is -1.86. The van der Waals surface area contributed by atoms with Crippen LogP contribution in [0.4, 0.5) is 0 Å². The average Bonchev–Trinajstić information content (AvgIpc) is 2.77. The normalized spacial score (nSPS) is 11.5. The third kappa shape index (κ3) is 1.23. The second-order valence-corrected chi connectivity index (χ2v) is 5.27. The highest BCUT2D eigenvalue weighted by Gasteiger charge is 2.07. The van der Waals surface area contributed by atoms with E-state index in [1.807, 2.05) is 17.4 Å². The van der Waals surface area contributed by atoms with Crippen molar-refractivity contribution >= 4 is 42.3 Å². The first kappa shape index (κ1) is 9.20. The number of hydrogen-bond acceptors (Lipinski definition) is 1. The van der Waals surface area contributed by atoms with Crippen LogP contribution in [0.1, 0.15) is 0 Å². The van der Waals surface area contributed by atoms with Crippen LogP contribution in [0.5, 0.6) is 0 Å². The Bertz CT molecular complexity index is 834. The van der Waals surface area contributed by atoms with Crippen molar-refractivity contribution in [3.63, 3.8) is 0 Å². The average molecular weight is 233 g/mol. The molecule has 79 valence electrons. The van der Waals surface area contributed by atoms with Crippen molar-refractivity contribution < 1.29 is 0 Å². The molecule has 0 unspecified atom stereocenters. The van der Waals surface area contributed by atoms with Gasteiger partial charge in [0.05, 0.1) is 0 Å². The Morgan fingerprint density at radius 3 is 2.76 bits per heavy atom. The molecule has 4 rings (SSSR count). The fourth-order valence-electron chi connectivity index (χ4n) is 2.44. The lowest BCUT2D eigenvalue weighted by Crippen LogP contribution is -1.72. The summed E-state index contributed by atoms with van der Waals surface area (Å²) in [5.41, 5.74) is 0. The number of rotatable bonds is 0. The molecule has 0 nitrogen and oxygen atoms in total. The van der Waals surface area contributed by atoms with Gasteiger partial charge in [0, 0.05) is 20.2 Å². The first-order valence-corrected chi connectivity index (χ1v) is 6.45. The monoisotopic (exact) mass is 233 g/mol. The van der Waals surface area contributed by atoms with Gasteiger partial charge in [-0.05, 0) is 29.0 Å². The summed E-state index contributed by atoms with van der Waals surface area (Å²) >= 11 is 1.85. The molecule has 0 aliphatic heterocycles. The topological polar surface area (TPSA) is 0 Å². The maximum atomic E-state index is 3.15. The molecule has 17 heavy (non-hydrogen) atoms. The maximum absolute atomic E-state index is 3.15. The van der Waals surface area contributed by atoms with Crippen molar-refractivity contribution in [1.82, 2.24) is 0 Å². The van der Waals surface area contributed by atoms with Crippen molar-refractivity contribution in [2.24, 2.45) is 0 Å². The van der Waals surface area contributed by atoms with Gasteiger partial charge in [0.2, 0.25) is 0 Å². The summed E-state index contributed by atoms with van der Waals surface area (Å²) in [6.07, 6.45) is 0. The van der Waals surface area contributed by atoms with Gasteiger partial charge in [-0.3, -0.25) is 0 Å². The van der Waals surface area contributed by atoms with Crippen molar-refractivity contribution in [2.45, 2.75) is 0 Å². The van der Waals surface area contributed by atoms with Gasteiger partial charge in [-0.1, -0.05) is 42.5 Å². The Kier molecular flexibility index (Phi) is 1.79. The summed E-state index contributed by atoms with van der Waals surface area (Å²) in [5, 5.41) is 5.40. The number of benzene rings is 3. The van der Waals surface area contributed by atoms with Crippen LogP contribution >= 0.6 is 11.3 Å². The minimum absolute atomic E-state index is 1.31. The Balaban J connectivity index is 2.38. The van der Waals surface area contributed by atoms with Crippen LogP contribution < -0.4 is 0 Å². The second kappa shape index (κ2) is 3.31. The minimum atomic E-state index is 1.31. The molecule has 0 saturated heterocycles. The number of thiophene rings is 1. The first-order valence-electron chi connectivity index (χ1n) is 5.63. The van der Waals surface area contributed by atoms with E-state index in [-0.39, 0.29) is 0 Å². The molecule has 0 aliphatic rings. The SMILES string of the molecule is [c]1ccc2c(c1)sc1ccc3ccccc3c12. The third-order valence-electron chi connectivity index (χ3n) is 3.21. The van der Waals surface area contributed by atoms with Gasteiger partial charge in [0.1, 0.15) is 0 Å². The zero-order chi connectivity index (χ0) is 11.2. The highest BCUT2D eigenvalue weighted by Crippen LogP contribution is 2.37. The Labute approximate surface area is 103 Å². The highest BCUT2D eigenvalue weighted by molar-refractivity contribution is 7.26. The highest BCUT2D eigenvalue weighted by atomic mass is 32.1. The zero-order valence-electron chi connectivity index (χ0n) is 9.10. The molecule has 1 heterocycles. The molecule has 0 fully saturated rings. The van der Waals surface area contributed by atoms with Gasteiger partial charge < -0.3 is 0 Å². The molecule has 0 amide bonds. The molecule has 0 saturated carbocycles. The van der Waals surface area contributed by atoms with Crippen molar-refractivity contribution in [3.05, 3.63) is 60.7 Å². The molecule has 0 spiro atoms. The van der Waals surface area contributed by atoms with Gasteiger partial charge in [0.15, 0.2) is 0 Å². The van der Waals surface area contributed by atoms with E-state index in [1.54, 1.807) is 0 Å². The van der Waals surface area contributed by atoms with Crippen LogP contribution in [-0.2, 0) is 0 Å². The van der Waals surface area contributed by atoms with E-state index >= 15 is 0 Å². The summed E-state index contributed by atoms with van der Waals surface area (Å²) in [6.45, 7) is 0. The minimum Gasteiger partial charge on any atom is -0.135 e. The van der Waals surface area contributed by atoms with Crippen molar-refractivity contribution in [2.75, 3.05) is 0 Å². The van der Waals surface area contributed by atoms with E-state index in [2.05, 4.69) is 54.6 Å². The van der Waals surface area contributed by atoms with E-state index in [9.17, 15) is 0 Å². The molecule has 1 aromatic heterocycles. The van der Waals surface area contributed by atoms with Crippen LogP contribution in [0.2, 0.25) is 0 Å². The smallest absolute Gasteiger partial charge is 0.0361 e. The fourth-order valence-corrected chi connectivity index (χ4v) is 3.54. The van der Waals surface area contributed by atoms with Crippen molar-refractivity contribution in [3.8, 4) is 0 Å². The molecular weight excluding hydrogens is 224 g/mol. The number of fused-ring (bicyclic) bond motifs is 5. The van der Waals surface area contributed by atoms with Crippen LogP contribution in [0.25, 0.3) is 30.9 Å². The van der Waals surface area contributed by atoms with Crippen LogP contribution in [-0.4, -0.2) is 0 Å². The molecule has 4 aromatic rings. The lowest BCUT2D eigenvalue weighted by Gasteiger charge is -1.99. The predicted molar refractivity (Wildman–Crippen MR) is 75.7 cm³/mol. The van der Waals surface area contributed by atoms with Crippen LogP contribution in [0.3, 0.4) is 0 Å². The Morgan fingerprint density at radius 2 is 1.76 bits per heavy atom. The van der Waals surface area contributed by atoms with Crippen LogP contribution in [0.15, 0.2) is 54.6 Å². The fraction of sp³-hybridized carbons (Fsp3) is 0. The van der Waals surface area contributed by atoms with E-state index in [0.717, 1.165) is 0 Å². The van der Waals surface area contributed by atoms with E-state index < -0.39 is 0 Å². The van der Waals surface area contributed by atoms with E-state index in [1.165, 1.54) is 30.9 Å². The summed E-state index contributed by atoms with van der Waals surface area (Å²) in [4.78, 5) is 0. The Morgan fingerprint density at radius 1 is 0.824 bits per heavy atom. The summed E-state index contributed by atoms with van der Waals surface area (Å²) < 4.78 is 2.68. The molecule has 1 radical (unpaired) electrons. The van der Waals surface area contributed by atoms with E-state index in [4.69, 9.17) is 0 Å². The summed E-state index contributed by atoms with van der Waals surface area (Å²) in [7, 11) is 0. The van der Waals surface area contributed by atoms with E-state index in [0.29, 0.717) is 0 Å². The van der Waals surface area contributed by atoms with Gasteiger partial charge in [-0.25, -0.2) is 0 Å². The van der Waals surface area contributed by atoms with Gasteiger partial charge in [-0.15, -0.1) is 11.3 Å². The first-order chi connectivity index (χ1) is 8.43. The number of hydrogen-bond donors (Lipinski definition) is 0. The molecule has 0 N–H and O–H groups in total. The van der Waals surface area contributed by atoms with Gasteiger partial charge >= 0.3 is 0 Å². The van der Waals surface area contributed by atoms with Crippen molar-refractivity contribution in [1.29, 1.82) is 0 Å². The largest absolute Gasteiger partial charge is 0.135 e. The molecule has 0 atom stereocenters. The molecule has 3 aromatic carbocycles. The summed E-state index contributed by atoms with van der Waals surface area (Å²) in [5.74, 6) is 0. The molecule has 0 aliphatic carbocycles. The molecule has 1 heteroatoms. The standard InChI is InChI=1S/C16H9S/c1-2-6-12-11(5-1)9-10-15-16(12)13-7-3-4-8-14(13)17-15/h1-3,5-10H. The van der Waals surface area contributed by atoms with Gasteiger partial charge in [-0.2, -0.15) is 0 Å². The third-order valence-corrected chi connectivity index (χ3v) is 4.32. The lowest BCUT2D eigenvalue weighted by molar-refractivity contribution is 1.81. The summed E-state index contributed by atoms with van der Waals surface area (Å²) in [6, 6.07) is 22.4. The quantitative estimate of drug-likeness (QED) is 0.400. The lowest BCUT2D eigenvalue weighted by atomic mass is 10.0. The second-order valence-electron chi connectivity index (χ2n) is 4.18.